The maximum Gasteiger partial charge on any atom is 0.418 e. The summed E-state index contributed by atoms with van der Waals surface area (Å²) in [6.07, 6.45) is -3.01. The van der Waals surface area contributed by atoms with Gasteiger partial charge in [-0.3, -0.25) is 4.79 Å². The summed E-state index contributed by atoms with van der Waals surface area (Å²) in [4.78, 5) is 15.7. The maximum atomic E-state index is 12.7. The smallest absolute Gasteiger partial charge is 0.398 e. The summed E-state index contributed by atoms with van der Waals surface area (Å²) in [6.45, 7) is 0.169. The van der Waals surface area contributed by atoms with Crippen molar-refractivity contribution in [2.24, 2.45) is 0 Å². The number of aromatic nitrogens is 1. The number of anilines is 1. The number of alkyl halides is 3. The Kier molecular flexibility index (Phi) is 3.93. The third-order valence-electron chi connectivity index (χ3n) is 2.50. The van der Waals surface area contributed by atoms with Crippen LogP contribution in [-0.4, -0.2) is 10.9 Å². The van der Waals surface area contributed by atoms with Crippen LogP contribution in [0.4, 0.5) is 18.9 Å². The summed E-state index contributed by atoms with van der Waals surface area (Å²) in [5.74, 6) is -0.606. The zero-order chi connectivity index (χ0) is 14.8. The van der Waals surface area contributed by atoms with Crippen molar-refractivity contribution < 1.29 is 18.0 Å². The van der Waals surface area contributed by atoms with Gasteiger partial charge in [-0.25, -0.2) is 4.98 Å². The van der Waals surface area contributed by atoms with Gasteiger partial charge in [0.15, 0.2) is 0 Å². The van der Waals surface area contributed by atoms with E-state index in [2.05, 4.69) is 10.3 Å². The van der Waals surface area contributed by atoms with Crippen molar-refractivity contribution in [1.82, 2.24) is 10.3 Å². The predicted molar refractivity (Wildman–Crippen MR) is 69.1 cm³/mol. The van der Waals surface area contributed by atoms with E-state index in [0.717, 1.165) is 12.1 Å². The van der Waals surface area contributed by atoms with E-state index in [9.17, 15) is 18.0 Å². The molecule has 1 aromatic heterocycles. The second-order valence-corrected chi connectivity index (χ2v) is 4.89. The molecule has 2 rings (SSSR count). The molecule has 0 unspecified atom stereocenters. The van der Waals surface area contributed by atoms with Crippen molar-refractivity contribution in [3.8, 4) is 0 Å². The summed E-state index contributed by atoms with van der Waals surface area (Å²) >= 11 is 1.34. The lowest BCUT2D eigenvalue weighted by Crippen LogP contribution is -2.23. The SMILES string of the molecule is Nc1ccc(C(=O)NCc2nccs2)cc1C(F)(F)F. The zero-order valence-electron chi connectivity index (χ0n) is 10.1. The Morgan fingerprint density at radius 2 is 2.15 bits per heavy atom. The Morgan fingerprint density at radius 3 is 2.75 bits per heavy atom. The topological polar surface area (TPSA) is 68.0 Å². The van der Waals surface area contributed by atoms with Crippen LogP contribution in [-0.2, 0) is 12.7 Å². The van der Waals surface area contributed by atoms with Gasteiger partial charge in [-0.1, -0.05) is 0 Å². The van der Waals surface area contributed by atoms with Crippen LogP contribution in [0, 0.1) is 0 Å². The predicted octanol–water partition coefficient (Wildman–Crippen LogP) is 2.67. The summed E-state index contributed by atoms with van der Waals surface area (Å²) in [5, 5.41) is 4.91. The summed E-state index contributed by atoms with van der Waals surface area (Å²) in [7, 11) is 0. The quantitative estimate of drug-likeness (QED) is 0.856. The first-order valence-corrected chi connectivity index (χ1v) is 6.39. The monoisotopic (exact) mass is 301 g/mol. The minimum atomic E-state index is -4.59. The molecule has 8 heteroatoms. The number of benzene rings is 1. The van der Waals surface area contributed by atoms with Gasteiger partial charge in [0.05, 0.1) is 12.1 Å². The molecule has 3 N–H and O–H groups in total. The Morgan fingerprint density at radius 1 is 1.40 bits per heavy atom. The van der Waals surface area contributed by atoms with E-state index in [1.54, 1.807) is 11.6 Å². The number of hydrogen-bond donors (Lipinski definition) is 2. The van der Waals surface area contributed by atoms with Crippen molar-refractivity contribution in [3.63, 3.8) is 0 Å². The minimum absolute atomic E-state index is 0.0944. The van der Waals surface area contributed by atoms with Crippen LogP contribution in [0.2, 0.25) is 0 Å². The first-order valence-electron chi connectivity index (χ1n) is 5.51. The lowest BCUT2D eigenvalue weighted by Gasteiger charge is -2.11. The highest BCUT2D eigenvalue weighted by atomic mass is 32.1. The highest BCUT2D eigenvalue weighted by Crippen LogP contribution is 2.33. The molecule has 0 atom stereocenters. The molecule has 0 aliphatic heterocycles. The molecule has 0 fully saturated rings. The zero-order valence-corrected chi connectivity index (χ0v) is 10.9. The van der Waals surface area contributed by atoms with Crippen molar-refractivity contribution >= 4 is 22.9 Å². The largest absolute Gasteiger partial charge is 0.418 e. The molecule has 0 saturated carbocycles. The lowest BCUT2D eigenvalue weighted by atomic mass is 10.1. The summed E-state index contributed by atoms with van der Waals surface area (Å²) < 4.78 is 38.0. The normalized spacial score (nSPS) is 11.3. The molecule has 20 heavy (non-hydrogen) atoms. The van der Waals surface area contributed by atoms with Crippen LogP contribution in [0.5, 0.6) is 0 Å². The van der Waals surface area contributed by atoms with E-state index >= 15 is 0 Å². The Hall–Kier alpha value is -2.09. The molecule has 1 aromatic carbocycles. The number of nitrogens with two attached hydrogens (primary N) is 1. The molecule has 0 bridgehead atoms. The molecule has 0 aliphatic rings. The average molecular weight is 301 g/mol. The first-order chi connectivity index (χ1) is 9.38. The second-order valence-electron chi connectivity index (χ2n) is 3.91. The number of carbonyl (C=O) groups is 1. The van der Waals surface area contributed by atoms with Crippen molar-refractivity contribution in [3.05, 3.63) is 45.9 Å². The minimum Gasteiger partial charge on any atom is -0.398 e. The molecule has 2 aromatic rings. The number of nitrogen functional groups attached to an aromatic ring is 1. The fraction of sp³-hybridized carbons (Fsp3) is 0.167. The molecular formula is C12H10F3N3OS. The van der Waals surface area contributed by atoms with E-state index in [-0.39, 0.29) is 12.1 Å². The number of hydrogen-bond acceptors (Lipinski definition) is 4. The standard InChI is InChI=1S/C12H10F3N3OS/c13-12(14,15)8-5-7(1-2-9(8)16)11(19)18-6-10-17-3-4-20-10/h1-5H,6,16H2,(H,18,19). The van der Waals surface area contributed by atoms with Crippen molar-refractivity contribution in [2.75, 3.05) is 5.73 Å². The molecule has 0 spiro atoms. The third-order valence-corrected chi connectivity index (χ3v) is 3.28. The number of halogens is 3. The number of amides is 1. The number of carbonyl (C=O) groups excluding carboxylic acids is 1. The van der Waals surface area contributed by atoms with Crippen molar-refractivity contribution in [1.29, 1.82) is 0 Å². The fourth-order valence-electron chi connectivity index (χ4n) is 1.54. The van der Waals surface area contributed by atoms with Gasteiger partial charge >= 0.3 is 6.18 Å². The van der Waals surface area contributed by atoms with E-state index in [1.165, 1.54) is 17.4 Å². The van der Waals surface area contributed by atoms with Gasteiger partial charge < -0.3 is 11.1 Å². The summed E-state index contributed by atoms with van der Waals surface area (Å²) in [5.41, 5.74) is 3.75. The molecule has 0 aliphatic carbocycles. The van der Waals surface area contributed by atoms with Crippen LogP contribution >= 0.6 is 11.3 Å². The van der Waals surface area contributed by atoms with Gasteiger partial charge in [0.25, 0.3) is 5.91 Å². The maximum absolute atomic E-state index is 12.7. The summed E-state index contributed by atoms with van der Waals surface area (Å²) in [6, 6.07) is 3.06. The Labute approximate surface area is 116 Å². The average Bonchev–Trinajstić information content (AvgIpc) is 2.88. The highest BCUT2D eigenvalue weighted by Gasteiger charge is 2.33. The third kappa shape index (κ3) is 3.27. The number of thiazole rings is 1. The van der Waals surface area contributed by atoms with Crippen LogP contribution < -0.4 is 11.1 Å². The molecule has 0 radical (unpaired) electrons. The number of nitrogens with zero attached hydrogens (tertiary/aromatic N) is 1. The molecule has 1 heterocycles. The van der Waals surface area contributed by atoms with Gasteiger partial charge in [-0.2, -0.15) is 13.2 Å². The molecule has 0 saturated heterocycles. The fourth-order valence-corrected chi connectivity index (χ4v) is 2.10. The van der Waals surface area contributed by atoms with Crippen LogP contribution in [0.25, 0.3) is 0 Å². The number of nitrogens with one attached hydrogen (secondary N) is 1. The second kappa shape index (κ2) is 5.49. The van der Waals surface area contributed by atoms with Crippen LogP contribution in [0.3, 0.4) is 0 Å². The van der Waals surface area contributed by atoms with Crippen LogP contribution in [0.15, 0.2) is 29.8 Å². The Balaban J connectivity index is 2.14. The van der Waals surface area contributed by atoms with Crippen molar-refractivity contribution in [2.45, 2.75) is 12.7 Å². The van der Waals surface area contributed by atoms with Gasteiger partial charge in [0, 0.05) is 22.8 Å². The van der Waals surface area contributed by atoms with E-state index in [1.807, 2.05) is 0 Å². The highest BCUT2D eigenvalue weighted by molar-refractivity contribution is 7.09. The van der Waals surface area contributed by atoms with Gasteiger partial charge in [-0.05, 0) is 18.2 Å². The Bertz CT molecular complexity index is 611. The van der Waals surface area contributed by atoms with Gasteiger partial charge in [0.2, 0.25) is 0 Å². The number of rotatable bonds is 3. The van der Waals surface area contributed by atoms with Gasteiger partial charge in [0.1, 0.15) is 5.01 Å². The molecular weight excluding hydrogens is 291 g/mol. The molecule has 1 amide bonds. The first kappa shape index (κ1) is 14.3. The molecule has 106 valence electrons. The van der Waals surface area contributed by atoms with Crippen LogP contribution in [0.1, 0.15) is 20.9 Å². The van der Waals surface area contributed by atoms with E-state index in [4.69, 9.17) is 5.73 Å². The lowest BCUT2D eigenvalue weighted by molar-refractivity contribution is -0.136. The van der Waals surface area contributed by atoms with Gasteiger partial charge in [-0.15, -0.1) is 11.3 Å². The van der Waals surface area contributed by atoms with E-state index < -0.39 is 23.3 Å². The van der Waals surface area contributed by atoms with E-state index in [0.29, 0.717) is 5.01 Å². The molecule has 4 nitrogen and oxygen atoms in total.